The Morgan fingerprint density at radius 2 is 1.93 bits per heavy atom. The van der Waals surface area contributed by atoms with Gasteiger partial charge in [0.25, 0.3) is 0 Å². The Balaban J connectivity index is 2.43. The minimum Gasteiger partial charge on any atom is -0.393 e. The van der Waals surface area contributed by atoms with Crippen molar-refractivity contribution in [3.8, 4) is 0 Å². The summed E-state index contributed by atoms with van der Waals surface area (Å²) in [4.78, 5) is 2.51. The van der Waals surface area contributed by atoms with Crippen molar-refractivity contribution in [1.29, 1.82) is 0 Å². The van der Waals surface area contributed by atoms with Gasteiger partial charge >= 0.3 is 0 Å². The molecule has 1 rings (SSSR count). The lowest BCUT2D eigenvalue weighted by Crippen LogP contribution is -2.45. The summed E-state index contributed by atoms with van der Waals surface area (Å²) in [6.45, 7) is 6.30. The number of hydrogen-bond donors (Lipinski definition) is 1. The van der Waals surface area contributed by atoms with Gasteiger partial charge in [0.1, 0.15) is 0 Å². The molecule has 0 spiro atoms. The fourth-order valence-electron chi connectivity index (χ4n) is 2.66. The number of aliphatic hydroxyl groups is 1. The Morgan fingerprint density at radius 1 is 1.33 bits per heavy atom. The summed E-state index contributed by atoms with van der Waals surface area (Å²) in [7, 11) is 1.76. The number of likely N-dealkylation sites (N-methyl/N-ethyl adjacent to an activating group) is 1. The van der Waals surface area contributed by atoms with E-state index >= 15 is 0 Å². The molecule has 1 atom stereocenters. The van der Waals surface area contributed by atoms with E-state index < -0.39 is 0 Å². The quantitative estimate of drug-likeness (QED) is 0.757. The SMILES string of the molecule is CCN(C(C)COC)C1CCC(O)CC1. The van der Waals surface area contributed by atoms with Crippen LogP contribution in [0.25, 0.3) is 0 Å². The van der Waals surface area contributed by atoms with Crippen LogP contribution in [0.1, 0.15) is 39.5 Å². The van der Waals surface area contributed by atoms with Gasteiger partial charge in [-0.3, -0.25) is 4.90 Å². The molecule has 0 saturated heterocycles. The number of nitrogens with zero attached hydrogens (tertiary/aromatic N) is 1. The van der Waals surface area contributed by atoms with Crippen molar-refractivity contribution in [3.05, 3.63) is 0 Å². The molecule has 1 aliphatic rings. The normalized spacial score (nSPS) is 29.4. The van der Waals surface area contributed by atoms with Crippen molar-refractivity contribution in [3.63, 3.8) is 0 Å². The van der Waals surface area contributed by atoms with Gasteiger partial charge < -0.3 is 9.84 Å². The third kappa shape index (κ3) is 3.74. The molecule has 0 bridgehead atoms. The highest BCUT2D eigenvalue weighted by molar-refractivity contribution is 4.81. The maximum absolute atomic E-state index is 9.48. The Morgan fingerprint density at radius 3 is 2.40 bits per heavy atom. The highest BCUT2D eigenvalue weighted by Gasteiger charge is 2.26. The third-order valence-corrected chi connectivity index (χ3v) is 3.47. The molecule has 0 heterocycles. The maximum Gasteiger partial charge on any atom is 0.0615 e. The van der Waals surface area contributed by atoms with E-state index in [1.165, 1.54) is 0 Å². The van der Waals surface area contributed by atoms with Gasteiger partial charge in [0.05, 0.1) is 12.7 Å². The molecular formula is C12H25NO2. The number of ether oxygens (including phenoxy) is 1. The van der Waals surface area contributed by atoms with Crippen LogP contribution in [-0.4, -0.2) is 48.5 Å². The topological polar surface area (TPSA) is 32.7 Å². The Kier molecular flexibility index (Phi) is 5.58. The smallest absolute Gasteiger partial charge is 0.0615 e. The predicted molar refractivity (Wildman–Crippen MR) is 62.0 cm³/mol. The van der Waals surface area contributed by atoms with Crippen molar-refractivity contribution in [2.75, 3.05) is 20.3 Å². The molecule has 15 heavy (non-hydrogen) atoms. The van der Waals surface area contributed by atoms with E-state index in [1.54, 1.807) is 7.11 Å². The van der Waals surface area contributed by atoms with Gasteiger partial charge in [-0.15, -0.1) is 0 Å². The highest BCUT2D eigenvalue weighted by Crippen LogP contribution is 2.24. The maximum atomic E-state index is 9.48. The molecular weight excluding hydrogens is 190 g/mol. The number of aliphatic hydroxyl groups excluding tert-OH is 1. The number of methoxy groups -OCH3 is 1. The van der Waals surface area contributed by atoms with Crippen molar-refractivity contribution < 1.29 is 9.84 Å². The minimum absolute atomic E-state index is 0.0577. The summed E-state index contributed by atoms with van der Waals surface area (Å²) >= 11 is 0. The van der Waals surface area contributed by atoms with Gasteiger partial charge in [0.15, 0.2) is 0 Å². The Labute approximate surface area is 93.4 Å². The first-order valence-electron chi connectivity index (χ1n) is 6.11. The summed E-state index contributed by atoms with van der Waals surface area (Å²) < 4.78 is 5.21. The molecule has 90 valence electrons. The van der Waals surface area contributed by atoms with Gasteiger partial charge in [-0.25, -0.2) is 0 Å². The van der Waals surface area contributed by atoms with Gasteiger partial charge in [-0.05, 0) is 39.2 Å². The van der Waals surface area contributed by atoms with E-state index in [0.29, 0.717) is 12.1 Å². The van der Waals surface area contributed by atoms with Crippen molar-refractivity contribution in [1.82, 2.24) is 4.90 Å². The zero-order valence-electron chi connectivity index (χ0n) is 10.3. The molecule has 3 nitrogen and oxygen atoms in total. The average Bonchev–Trinajstić information content (AvgIpc) is 2.22. The fourth-order valence-corrected chi connectivity index (χ4v) is 2.66. The van der Waals surface area contributed by atoms with Crippen LogP contribution in [0, 0.1) is 0 Å². The van der Waals surface area contributed by atoms with Crippen molar-refractivity contribution >= 4 is 0 Å². The van der Waals surface area contributed by atoms with Crippen LogP contribution in [0.5, 0.6) is 0 Å². The molecule has 1 N–H and O–H groups in total. The molecule has 0 aromatic carbocycles. The summed E-state index contributed by atoms with van der Waals surface area (Å²) in [6, 6.07) is 1.13. The van der Waals surface area contributed by atoms with Gasteiger partial charge in [-0.2, -0.15) is 0 Å². The average molecular weight is 215 g/mol. The summed E-state index contributed by atoms with van der Waals surface area (Å²) in [5, 5.41) is 9.48. The van der Waals surface area contributed by atoms with Crippen LogP contribution in [0.3, 0.4) is 0 Å². The predicted octanol–water partition coefficient (Wildman–Crippen LogP) is 1.65. The van der Waals surface area contributed by atoms with Gasteiger partial charge in [0, 0.05) is 19.2 Å². The molecule has 0 aromatic rings. The molecule has 0 aromatic heterocycles. The summed E-state index contributed by atoms with van der Waals surface area (Å²) in [6.07, 6.45) is 4.12. The first kappa shape index (κ1) is 12.9. The van der Waals surface area contributed by atoms with E-state index in [0.717, 1.165) is 38.8 Å². The molecule has 1 saturated carbocycles. The second-order valence-electron chi connectivity index (χ2n) is 4.60. The molecule has 3 heteroatoms. The zero-order valence-corrected chi connectivity index (χ0v) is 10.3. The van der Waals surface area contributed by atoms with Gasteiger partial charge in [0.2, 0.25) is 0 Å². The van der Waals surface area contributed by atoms with Crippen LogP contribution in [0.4, 0.5) is 0 Å². The highest BCUT2D eigenvalue weighted by atomic mass is 16.5. The van der Waals surface area contributed by atoms with E-state index in [2.05, 4.69) is 18.7 Å². The summed E-state index contributed by atoms with van der Waals surface area (Å²) in [5.41, 5.74) is 0. The second kappa shape index (κ2) is 6.46. The summed E-state index contributed by atoms with van der Waals surface area (Å²) in [5.74, 6) is 0. The molecule has 0 radical (unpaired) electrons. The van der Waals surface area contributed by atoms with Crippen molar-refractivity contribution in [2.45, 2.75) is 57.7 Å². The largest absolute Gasteiger partial charge is 0.393 e. The van der Waals surface area contributed by atoms with E-state index in [9.17, 15) is 5.11 Å². The first-order chi connectivity index (χ1) is 7.19. The second-order valence-corrected chi connectivity index (χ2v) is 4.60. The lowest BCUT2D eigenvalue weighted by atomic mass is 9.91. The van der Waals surface area contributed by atoms with Crippen LogP contribution >= 0.6 is 0 Å². The Hall–Kier alpha value is -0.120. The minimum atomic E-state index is -0.0577. The van der Waals surface area contributed by atoms with E-state index in [4.69, 9.17) is 4.74 Å². The lowest BCUT2D eigenvalue weighted by molar-refractivity contribution is 0.0325. The standard InChI is InChI=1S/C12H25NO2/c1-4-13(10(2)9-15-3)11-5-7-12(14)8-6-11/h10-12,14H,4-9H2,1-3H3. The van der Waals surface area contributed by atoms with Crippen LogP contribution in [-0.2, 0) is 4.74 Å². The first-order valence-corrected chi connectivity index (χ1v) is 6.11. The zero-order chi connectivity index (χ0) is 11.3. The Bertz CT molecular complexity index is 167. The van der Waals surface area contributed by atoms with Crippen LogP contribution in [0.15, 0.2) is 0 Å². The van der Waals surface area contributed by atoms with Crippen LogP contribution in [0.2, 0.25) is 0 Å². The number of hydrogen-bond acceptors (Lipinski definition) is 3. The molecule has 1 fully saturated rings. The number of rotatable bonds is 5. The third-order valence-electron chi connectivity index (χ3n) is 3.47. The molecule has 0 aliphatic heterocycles. The van der Waals surface area contributed by atoms with Crippen molar-refractivity contribution in [2.24, 2.45) is 0 Å². The molecule has 1 unspecified atom stereocenters. The van der Waals surface area contributed by atoms with E-state index in [-0.39, 0.29) is 6.10 Å². The van der Waals surface area contributed by atoms with Gasteiger partial charge in [-0.1, -0.05) is 6.92 Å². The van der Waals surface area contributed by atoms with E-state index in [1.807, 2.05) is 0 Å². The van der Waals surface area contributed by atoms with Crippen LogP contribution < -0.4 is 0 Å². The molecule has 1 aliphatic carbocycles. The fraction of sp³-hybridized carbons (Fsp3) is 1.00. The molecule has 0 amide bonds. The lowest BCUT2D eigenvalue weighted by Gasteiger charge is -2.38. The monoisotopic (exact) mass is 215 g/mol.